The maximum Gasteiger partial charge on any atom is 0.267 e. The van der Waals surface area contributed by atoms with E-state index in [0.29, 0.717) is 11.3 Å². The average Bonchev–Trinajstić information content (AvgIpc) is 2.33. The van der Waals surface area contributed by atoms with Crippen molar-refractivity contribution in [1.82, 2.24) is 15.4 Å². The summed E-state index contributed by atoms with van der Waals surface area (Å²) in [6.45, 7) is 1.76. The Morgan fingerprint density at radius 2 is 2.12 bits per heavy atom. The van der Waals surface area contributed by atoms with E-state index in [9.17, 15) is 4.79 Å². The number of piperidine rings is 1. The van der Waals surface area contributed by atoms with Gasteiger partial charge in [0.25, 0.3) is 5.91 Å². The fourth-order valence-electron chi connectivity index (χ4n) is 1.85. The molecule has 2 rings (SSSR count). The number of hydrogen-bond donors (Lipinski definition) is 2. The van der Waals surface area contributed by atoms with Gasteiger partial charge in [0, 0.05) is 13.1 Å². The van der Waals surface area contributed by atoms with Crippen molar-refractivity contribution in [3.05, 3.63) is 23.0 Å². The molecule has 0 aromatic carbocycles. The molecule has 0 saturated carbocycles. The molecule has 0 unspecified atom stereocenters. The van der Waals surface area contributed by atoms with E-state index in [1.54, 1.807) is 0 Å². The zero-order chi connectivity index (χ0) is 12.3. The number of anilines is 1. The number of nitrogens with one attached hydrogen (secondary N) is 1. The molecule has 0 atom stereocenters. The molecule has 1 saturated heterocycles. The van der Waals surface area contributed by atoms with Crippen molar-refractivity contribution in [2.75, 3.05) is 18.8 Å². The molecule has 6 heteroatoms. The smallest absolute Gasteiger partial charge is 0.267 e. The summed E-state index contributed by atoms with van der Waals surface area (Å²) >= 11 is 5.74. The average molecular weight is 255 g/mol. The fourth-order valence-corrected chi connectivity index (χ4v) is 2.00. The SMILES string of the molecule is Nc1cnc(Cl)cc1C(=O)NN1CCCCC1. The van der Waals surface area contributed by atoms with Crippen LogP contribution in [0.5, 0.6) is 0 Å². The number of nitrogen functional groups attached to an aromatic ring is 1. The number of aromatic nitrogens is 1. The van der Waals surface area contributed by atoms with Crippen LogP contribution in [0, 0.1) is 0 Å². The monoisotopic (exact) mass is 254 g/mol. The van der Waals surface area contributed by atoms with E-state index in [2.05, 4.69) is 10.4 Å². The van der Waals surface area contributed by atoms with Crippen molar-refractivity contribution >= 4 is 23.2 Å². The van der Waals surface area contributed by atoms with Crippen LogP contribution < -0.4 is 11.2 Å². The number of carbonyl (C=O) groups excluding carboxylic acids is 1. The minimum absolute atomic E-state index is 0.228. The van der Waals surface area contributed by atoms with Gasteiger partial charge in [-0.25, -0.2) is 9.99 Å². The lowest BCUT2D eigenvalue weighted by atomic mass is 10.1. The Bertz CT molecular complexity index is 418. The molecule has 92 valence electrons. The molecule has 1 aromatic heterocycles. The van der Waals surface area contributed by atoms with E-state index in [-0.39, 0.29) is 11.1 Å². The topological polar surface area (TPSA) is 71.2 Å². The van der Waals surface area contributed by atoms with Gasteiger partial charge in [-0.05, 0) is 18.9 Å². The summed E-state index contributed by atoms with van der Waals surface area (Å²) < 4.78 is 0. The molecular weight excluding hydrogens is 240 g/mol. The van der Waals surface area contributed by atoms with Crippen LogP contribution in [0.3, 0.4) is 0 Å². The van der Waals surface area contributed by atoms with E-state index >= 15 is 0 Å². The lowest BCUT2D eigenvalue weighted by molar-refractivity contribution is 0.0751. The summed E-state index contributed by atoms with van der Waals surface area (Å²) in [6.07, 6.45) is 4.82. The van der Waals surface area contributed by atoms with Crippen LogP contribution in [0.4, 0.5) is 5.69 Å². The molecule has 0 bridgehead atoms. The number of nitrogens with two attached hydrogens (primary N) is 1. The van der Waals surface area contributed by atoms with Crippen LogP contribution in [-0.2, 0) is 0 Å². The van der Waals surface area contributed by atoms with Gasteiger partial charge in [-0.2, -0.15) is 0 Å². The first-order valence-electron chi connectivity index (χ1n) is 5.64. The van der Waals surface area contributed by atoms with Crippen molar-refractivity contribution in [1.29, 1.82) is 0 Å². The molecule has 1 fully saturated rings. The highest BCUT2D eigenvalue weighted by Gasteiger charge is 2.16. The highest BCUT2D eigenvalue weighted by atomic mass is 35.5. The molecule has 1 aliphatic heterocycles. The first kappa shape index (κ1) is 12.1. The van der Waals surface area contributed by atoms with Crippen molar-refractivity contribution in [3.63, 3.8) is 0 Å². The van der Waals surface area contributed by atoms with Crippen molar-refractivity contribution < 1.29 is 4.79 Å². The maximum absolute atomic E-state index is 12.0. The molecule has 0 aliphatic carbocycles. The summed E-state index contributed by atoms with van der Waals surface area (Å²) in [6, 6.07) is 1.48. The van der Waals surface area contributed by atoms with Crippen LogP contribution in [0.1, 0.15) is 29.6 Å². The van der Waals surface area contributed by atoms with Crippen LogP contribution in [-0.4, -0.2) is 29.0 Å². The molecule has 1 aromatic rings. The molecule has 2 heterocycles. The van der Waals surface area contributed by atoms with Gasteiger partial charge < -0.3 is 5.73 Å². The molecule has 3 N–H and O–H groups in total. The summed E-state index contributed by atoms with van der Waals surface area (Å²) in [5, 5.41) is 2.18. The minimum atomic E-state index is -0.228. The number of hydrazine groups is 1. The van der Waals surface area contributed by atoms with Gasteiger partial charge >= 0.3 is 0 Å². The molecule has 5 nitrogen and oxygen atoms in total. The highest BCUT2D eigenvalue weighted by molar-refractivity contribution is 6.29. The third-order valence-electron chi connectivity index (χ3n) is 2.76. The lowest BCUT2D eigenvalue weighted by Gasteiger charge is -2.26. The Kier molecular flexibility index (Phi) is 3.81. The molecule has 1 amide bonds. The summed E-state index contributed by atoms with van der Waals surface area (Å²) in [4.78, 5) is 15.8. The number of nitrogens with zero attached hydrogens (tertiary/aromatic N) is 2. The Morgan fingerprint density at radius 3 is 2.82 bits per heavy atom. The standard InChI is InChI=1S/C11H15ClN4O/c12-10-6-8(9(13)7-14-10)11(17)15-16-4-2-1-3-5-16/h6-7H,1-5,13H2,(H,15,17). The van der Waals surface area contributed by atoms with E-state index < -0.39 is 0 Å². The van der Waals surface area contributed by atoms with Crippen molar-refractivity contribution in [2.24, 2.45) is 0 Å². The lowest BCUT2D eigenvalue weighted by Crippen LogP contribution is -2.45. The zero-order valence-electron chi connectivity index (χ0n) is 9.45. The molecular formula is C11H15ClN4O. The van der Waals surface area contributed by atoms with E-state index in [4.69, 9.17) is 17.3 Å². The van der Waals surface area contributed by atoms with Crippen LogP contribution in [0.15, 0.2) is 12.3 Å². The number of pyridine rings is 1. The van der Waals surface area contributed by atoms with Crippen LogP contribution in [0.2, 0.25) is 5.15 Å². The second kappa shape index (κ2) is 5.33. The first-order chi connectivity index (χ1) is 8.16. The third kappa shape index (κ3) is 3.08. The normalized spacial score (nSPS) is 16.8. The fraction of sp³-hybridized carbons (Fsp3) is 0.455. The second-order valence-corrected chi connectivity index (χ2v) is 4.47. The Labute approximate surface area is 105 Å². The van der Waals surface area contributed by atoms with E-state index in [1.807, 2.05) is 5.01 Å². The predicted molar refractivity (Wildman–Crippen MR) is 66.5 cm³/mol. The molecule has 0 radical (unpaired) electrons. The third-order valence-corrected chi connectivity index (χ3v) is 2.97. The highest BCUT2D eigenvalue weighted by Crippen LogP contribution is 2.15. The summed E-state index contributed by atoms with van der Waals surface area (Å²) in [5.41, 5.74) is 9.23. The van der Waals surface area contributed by atoms with Crippen LogP contribution in [0.25, 0.3) is 0 Å². The first-order valence-corrected chi connectivity index (χ1v) is 6.01. The second-order valence-electron chi connectivity index (χ2n) is 4.08. The summed E-state index contributed by atoms with van der Waals surface area (Å²) in [7, 11) is 0. The van der Waals surface area contributed by atoms with Gasteiger partial charge in [-0.1, -0.05) is 18.0 Å². The number of hydrogen-bond acceptors (Lipinski definition) is 4. The number of carbonyl (C=O) groups is 1. The quantitative estimate of drug-likeness (QED) is 0.784. The Morgan fingerprint density at radius 1 is 1.41 bits per heavy atom. The number of rotatable bonds is 2. The van der Waals surface area contributed by atoms with E-state index in [0.717, 1.165) is 25.9 Å². The molecule has 0 spiro atoms. The van der Waals surface area contributed by atoms with Gasteiger partial charge in [0.15, 0.2) is 0 Å². The molecule has 17 heavy (non-hydrogen) atoms. The van der Waals surface area contributed by atoms with Crippen molar-refractivity contribution in [2.45, 2.75) is 19.3 Å². The zero-order valence-corrected chi connectivity index (χ0v) is 10.2. The van der Waals surface area contributed by atoms with E-state index in [1.165, 1.54) is 18.7 Å². The maximum atomic E-state index is 12.0. The van der Waals surface area contributed by atoms with Gasteiger partial charge in [0.2, 0.25) is 0 Å². The summed E-state index contributed by atoms with van der Waals surface area (Å²) in [5.74, 6) is -0.228. The van der Waals surface area contributed by atoms with Gasteiger partial charge in [0.05, 0.1) is 17.4 Å². The van der Waals surface area contributed by atoms with Crippen molar-refractivity contribution in [3.8, 4) is 0 Å². The van der Waals surface area contributed by atoms with Gasteiger partial charge in [0.1, 0.15) is 5.15 Å². The van der Waals surface area contributed by atoms with Gasteiger partial charge in [-0.15, -0.1) is 0 Å². The van der Waals surface area contributed by atoms with Crippen LogP contribution >= 0.6 is 11.6 Å². The number of amides is 1. The predicted octanol–water partition coefficient (Wildman–Crippen LogP) is 1.45. The largest absolute Gasteiger partial charge is 0.397 e. The number of halogens is 1. The molecule has 1 aliphatic rings. The Balaban J connectivity index is 2.05. The Hall–Kier alpha value is -1.33. The van der Waals surface area contributed by atoms with Gasteiger partial charge in [-0.3, -0.25) is 10.2 Å². The minimum Gasteiger partial charge on any atom is -0.397 e.